The number of hydrogen-bond donors (Lipinski definition) is 9. The van der Waals surface area contributed by atoms with Crippen molar-refractivity contribution >= 4 is 35.2 Å². The number of nitrogens with one attached hydrogen (secondary N) is 1. The molecule has 0 spiro atoms. The van der Waals surface area contributed by atoms with Gasteiger partial charge in [0.1, 0.15) is 24.1 Å². The van der Waals surface area contributed by atoms with Gasteiger partial charge in [0.2, 0.25) is 5.91 Å². The molecular formula is C15H29N6O14P3. The number of unbranched alkanes of at least 4 members (excludes halogenated alkanes) is 1. The minimum absolute atomic E-state index is 0.142. The van der Waals surface area contributed by atoms with E-state index in [-0.39, 0.29) is 12.2 Å². The van der Waals surface area contributed by atoms with E-state index in [0.717, 1.165) is 10.8 Å². The van der Waals surface area contributed by atoms with Crippen molar-refractivity contribution < 1.29 is 61.1 Å². The molecule has 1 saturated heterocycles. The number of rotatable bonds is 14. The van der Waals surface area contributed by atoms with Gasteiger partial charge < -0.3 is 51.9 Å². The molecule has 2 rings (SSSR count). The lowest BCUT2D eigenvalue weighted by molar-refractivity contribution is -0.124. The fraction of sp³-hybridized carbons (Fsp3) is 0.667. The molecule has 2 heterocycles. The fourth-order valence-electron chi connectivity index (χ4n) is 3.28. The quantitative estimate of drug-likeness (QED) is 0.0768. The van der Waals surface area contributed by atoms with Crippen LogP contribution < -0.4 is 28.2 Å². The number of amides is 1. The lowest BCUT2D eigenvalue weighted by Crippen LogP contribution is -2.52. The highest BCUT2D eigenvalue weighted by Crippen LogP contribution is 2.66. The molecule has 0 bridgehead atoms. The molecule has 2 unspecified atom stereocenters. The first-order chi connectivity index (χ1) is 17.4. The van der Waals surface area contributed by atoms with Crippen molar-refractivity contribution in [2.75, 3.05) is 18.9 Å². The standard InChI is InChI=1S/C15H29N6O14P3/c16-5-2-1-3-8(17)13(23)20-11-12(22)9(33-14(11)21-6-4-10(18)19-15(21)24)7-32-37(28,29)35-38(30,31)34-36(25,26)27/h4,6,8-9,11-12,14,22H,1-3,5,7,16-17H2,(H,20,23)(H,28,29)(H,30,31)(H2,18,19,24)(H2,25,26,27)/t8-,9+,11+,12+,14+/m0/s1. The van der Waals surface area contributed by atoms with Crippen molar-refractivity contribution in [3.05, 3.63) is 22.7 Å². The highest BCUT2D eigenvalue weighted by atomic mass is 31.3. The van der Waals surface area contributed by atoms with Crippen LogP contribution in [0.4, 0.5) is 5.82 Å². The molecular weight excluding hydrogens is 581 g/mol. The maximum Gasteiger partial charge on any atom is 0.490 e. The number of nitrogen functional groups attached to an aromatic ring is 1. The predicted molar refractivity (Wildman–Crippen MR) is 125 cm³/mol. The topological polar surface area (TPSA) is 331 Å². The number of aromatic nitrogens is 2. The molecule has 7 atom stereocenters. The molecule has 0 radical (unpaired) electrons. The zero-order chi connectivity index (χ0) is 28.9. The molecule has 1 aromatic heterocycles. The summed E-state index contributed by atoms with van der Waals surface area (Å²) in [7, 11) is -16.9. The molecule has 1 amide bonds. The van der Waals surface area contributed by atoms with Gasteiger partial charge in [0.05, 0.1) is 12.6 Å². The third-order valence-corrected chi connectivity index (χ3v) is 8.73. The summed E-state index contributed by atoms with van der Waals surface area (Å²) in [6.07, 6.45) is -2.23. The van der Waals surface area contributed by atoms with Gasteiger partial charge in [-0.05, 0) is 25.5 Å². The maximum absolute atomic E-state index is 12.6. The highest BCUT2D eigenvalue weighted by Gasteiger charge is 2.48. The van der Waals surface area contributed by atoms with Crippen LogP contribution in [-0.4, -0.2) is 77.6 Å². The summed E-state index contributed by atoms with van der Waals surface area (Å²) < 4.78 is 52.4. The van der Waals surface area contributed by atoms with Gasteiger partial charge in [-0.2, -0.15) is 13.6 Å². The van der Waals surface area contributed by atoms with E-state index in [0.29, 0.717) is 19.4 Å². The maximum atomic E-state index is 12.6. The van der Waals surface area contributed by atoms with Crippen LogP contribution in [0.5, 0.6) is 0 Å². The third kappa shape index (κ3) is 9.86. The summed E-state index contributed by atoms with van der Waals surface area (Å²) in [6.45, 7) is -0.663. The molecule has 1 aromatic rings. The second kappa shape index (κ2) is 13.2. The number of hydrogen-bond acceptors (Lipinski definition) is 14. The number of phosphoric ester groups is 1. The summed E-state index contributed by atoms with van der Waals surface area (Å²) in [5, 5.41) is 13.2. The van der Waals surface area contributed by atoms with Gasteiger partial charge in [-0.3, -0.25) is 13.9 Å². The van der Waals surface area contributed by atoms with Gasteiger partial charge in [0.25, 0.3) is 0 Å². The third-order valence-electron chi connectivity index (χ3n) is 4.93. The lowest BCUT2D eigenvalue weighted by atomic mass is 10.1. The SMILES string of the molecule is NCCCC[C@H](N)C(=O)N[C@@H]1[C@H](O)[C@@H](COP(=O)(O)OP(=O)(O)OP(=O)(O)O)O[C@H]1n1ccc(N)nc1=O. The molecule has 20 nitrogen and oxygen atoms in total. The second-order valence-electron chi connectivity index (χ2n) is 7.91. The zero-order valence-electron chi connectivity index (χ0n) is 19.5. The van der Waals surface area contributed by atoms with Crippen molar-refractivity contribution in [3.8, 4) is 0 Å². The van der Waals surface area contributed by atoms with Crippen LogP contribution in [0.1, 0.15) is 25.5 Å². The first-order valence-corrected chi connectivity index (χ1v) is 15.2. The number of carbonyl (C=O) groups is 1. The van der Waals surface area contributed by atoms with E-state index in [4.69, 9.17) is 31.7 Å². The first kappa shape index (κ1) is 32.6. The molecule has 0 aliphatic carbocycles. The first-order valence-electron chi connectivity index (χ1n) is 10.7. The van der Waals surface area contributed by atoms with Crippen LogP contribution in [0.25, 0.3) is 0 Å². The molecule has 23 heteroatoms. The number of anilines is 1. The van der Waals surface area contributed by atoms with Gasteiger partial charge >= 0.3 is 29.2 Å². The highest BCUT2D eigenvalue weighted by molar-refractivity contribution is 7.66. The summed E-state index contributed by atoms with van der Waals surface area (Å²) in [4.78, 5) is 64.6. The molecule has 38 heavy (non-hydrogen) atoms. The van der Waals surface area contributed by atoms with E-state index in [9.17, 15) is 38.2 Å². The largest absolute Gasteiger partial charge is 0.490 e. The normalized spacial score (nSPS) is 25.9. The van der Waals surface area contributed by atoms with Crippen molar-refractivity contribution in [1.82, 2.24) is 14.9 Å². The van der Waals surface area contributed by atoms with E-state index in [1.165, 1.54) is 6.07 Å². The zero-order valence-corrected chi connectivity index (χ0v) is 22.1. The monoisotopic (exact) mass is 610 g/mol. The minimum Gasteiger partial charge on any atom is -0.388 e. The Bertz CT molecular complexity index is 1180. The number of ether oxygens (including phenoxy) is 1. The molecule has 12 N–H and O–H groups in total. The smallest absolute Gasteiger partial charge is 0.388 e. The average molecular weight is 610 g/mol. The van der Waals surface area contributed by atoms with Crippen molar-refractivity contribution in [2.24, 2.45) is 11.5 Å². The molecule has 218 valence electrons. The van der Waals surface area contributed by atoms with Gasteiger partial charge in [0, 0.05) is 6.20 Å². The van der Waals surface area contributed by atoms with Crippen LogP contribution >= 0.6 is 23.5 Å². The lowest BCUT2D eigenvalue weighted by Gasteiger charge is -2.24. The number of carbonyl (C=O) groups excluding carboxylic acids is 1. The molecule has 0 saturated carbocycles. The average Bonchev–Trinajstić information content (AvgIpc) is 3.05. The van der Waals surface area contributed by atoms with Crippen LogP contribution in [0.15, 0.2) is 17.1 Å². The Balaban J connectivity index is 2.20. The van der Waals surface area contributed by atoms with Gasteiger partial charge in [-0.25, -0.2) is 18.5 Å². The predicted octanol–water partition coefficient (Wildman–Crippen LogP) is -2.63. The van der Waals surface area contributed by atoms with E-state index >= 15 is 0 Å². The van der Waals surface area contributed by atoms with Gasteiger partial charge in [-0.15, -0.1) is 0 Å². The number of aliphatic hydroxyl groups excluding tert-OH is 1. The van der Waals surface area contributed by atoms with Crippen LogP contribution in [0.3, 0.4) is 0 Å². The van der Waals surface area contributed by atoms with E-state index in [1.54, 1.807) is 0 Å². The van der Waals surface area contributed by atoms with Gasteiger partial charge in [-0.1, -0.05) is 6.42 Å². The summed E-state index contributed by atoms with van der Waals surface area (Å²) in [5.74, 6) is -0.874. The summed E-state index contributed by atoms with van der Waals surface area (Å²) >= 11 is 0. The van der Waals surface area contributed by atoms with Crippen molar-refractivity contribution in [2.45, 2.75) is 49.8 Å². The van der Waals surface area contributed by atoms with Crippen LogP contribution in [0.2, 0.25) is 0 Å². The van der Waals surface area contributed by atoms with Crippen molar-refractivity contribution in [3.63, 3.8) is 0 Å². The van der Waals surface area contributed by atoms with Crippen LogP contribution in [-0.2, 0) is 36.4 Å². The molecule has 1 aliphatic heterocycles. The molecule has 1 aliphatic rings. The number of aliphatic hydroxyl groups is 1. The Hall–Kier alpha value is -1.60. The Morgan fingerprint density at radius 1 is 1.18 bits per heavy atom. The van der Waals surface area contributed by atoms with Crippen LogP contribution in [0, 0.1) is 0 Å². The van der Waals surface area contributed by atoms with E-state index in [1.807, 2.05) is 0 Å². The number of nitrogens with two attached hydrogens (primary N) is 3. The van der Waals surface area contributed by atoms with Crippen molar-refractivity contribution in [1.29, 1.82) is 0 Å². The Morgan fingerprint density at radius 3 is 2.42 bits per heavy atom. The minimum atomic E-state index is -5.79. The Labute approximate surface area is 214 Å². The second-order valence-corrected chi connectivity index (χ2v) is 12.3. The fourth-order valence-corrected chi connectivity index (χ4v) is 6.31. The Kier molecular flexibility index (Phi) is 11.3. The van der Waals surface area contributed by atoms with E-state index < -0.39 is 72.2 Å². The molecule has 1 fully saturated rings. The van der Waals surface area contributed by atoms with Gasteiger partial charge in [0.15, 0.2) is 6.23 Å². The summed E-state index contributed by atoms with van der Waals surface area (Å²) in [5.41, 5.74) is 15.8. The molecule has 0 aromatic carbocycles. The number of nitrogens with zero attached hydrogens (tertiary/aromatic N) is 2. The Morgan fingerprint density at radius 2 is 1.84 bits per heavy atom. The van der Waals surface area contributed by atoms with E-state index in [2.05, 4.69) is 23.4 Å². The summed E-state index contributed by atoms with van der Waals surface area (Å²) in [6, 6.07) is -1.20. The number of phosphoric acid groups is 3.